The first-order valence-electron chi connectivity index (χ1n) is 2.64. The van der Waals surface area contributed by atoms with Crippen LogP contribution in [0.2, 0.25) is 0 Å². The molecule has 0 rings (SSSR count). The van der Waals surface area contributed by atoms with Crippen molar-refractivity contribution in [3.63, 3.8) is 0 Å². The Morgan fingerprint density at radius 3 is 2.75 bits per heavy atom. The lowest BCUT2D eigenvalue weighted by molar-refractivity contribution is 0.103. The van der Waals surface area contributed by atoms with Crippen LogP contribution in [0.15, 0.2) is 0 Å². The normalized spacial score (nSPS) is 13.9. The van der Waals surface area contributed by atoms with Gasteiger partial charge in [-0.25, -0.2) is 0 Å². The molecular formula is C5H11ClO2. The molecular weight excluding hydrogens is 128 g/mol. The molecule has 2 nitrogen and oxygen atoms in total. The summed E-state index contributed by atoms with van der Waals surface area (Å²) in [5, 5.41) is 8.26. The average Bonchev–Trinajstić information content (AvgIpc) is 1.66. The van der Waals surface area contributed by atoms with Gasteiger partial charge < -0.3 is 9.84 Å². The number of aliphatic hydroxyl groups is 1. The predicted octanol–water partition coefficient (Wildman–Crippen LogP) is 0.970. The van der Waals surface area contributed by atoms with Crippen molar-refractivity contribution in [2.24, 2.45) is 0 Å². The summed E-state index contributed by atoms with van der Waals surface area (Å²) in [6.07, 6.45) is 0.664. The number of halogens is 1. The number of hydrogen-bond acceptors (Lipinski definition) is 2. The molecule has 0 aromatic rings. The zero-order valence-electron chi connectivity index (χ0n) is 4.93. The summed E-state index contributed by atoms with van der Waals surface area (Å²) >= 11 is 5.41. The van der Waals surface area contributed by atoms with Crippen LogP contribution in [-0.4, -0.2) is 23.9 Å². The summed E-state index contributed by atoms with van der Waals surface area (Å²) in [7, 11) is 0. The molecule has 8 heavy (non-hydrogen) atoms. The molecule has 0 saturated carbocycles. The van der Waals surface area contributed by atoms with Crippen LogP contribution >= 0.6 is 11.6 Å². The Morgan fingerprint density at radius 2 is 2.38 bits per heavy atom. The molecule has 1 atom stereocenters. The largest absolute Gasteiger partial charge is 0.396 e. The Hall–Kier alpha value is 0.210. The second-order valence-corrected chi connectivity index (χ2v) is 2.11. The third-order valence-electron chi connectivity index (χ3n) is 0.650. The van der Waals surface area contributed by atoms with Gasteiger partial charge in [0.15, 0.2) is 0 Å². The highest BCUT2D eigenvalue weighted by Crippen LogP contribution is 1.95. The van der Waals surface area contributed by atoms with E-state index in [1.807, 2.05) is 0 Å². The van der Waals surface area contributed by atoms with E-state index >= 15 is 0 Å². The van der Waals surface area contributed by atoms with Crippen molar-refractivity contribution in [1.82, 2.24) is 0 Å². The lowest BCUT2D eigenvalue weighted by atomic mass is 10.5. The maximum Gasteiger partial charge on any atom is 0.128 e. The second-order valence-electron chi connectivity index (χ2n) is 1.49. The molecule has 0 aliphatic heterocycles. The summed E-state index contributed by atoms with van der Waals surface area (Å²) in [4.78, 5) is 0. The molecule has 0 aliphatic rings. The smallest absolute Gasteiger partial charge is 0.128 e. The molecule has 0 amide bonds. The highest BCUT2D eigenvalue weighted by atomic mass is 35.5. The predicted molar refractivity (Wildman–Crippen MR) is 33.0 cm³/mol. The summed E-state index contributed by atoms with van der Waals surface area (Å²) in [5.41, 5.74) is -0.235. The van der Waals surface area contributed by atoms with Gasteiger partial charge in [-0.15, -0.1) is 0 Å². The Kier molecular flexibility index (Phi) is 5.49. The minimum Gasteiger partial charge on any atom is -0.396 e. The highest BCUT2D eigenvalue weighted by Gasteiger charge is 1.91. The van der Waals surface area contributed by atoms with Gasteiger partial charge in [-0.05, 0) is 13.3 Å². The Balaban J connectivity index is 2.72. The van der Waals surface area contributed by atoms with Crippen molar-refractivity contribution in [3.8, 4) is 0 Å². The van der Waals surface area contributed by atoms with Gasteiger partial charge in [-0.2, -0.15) is 0 Å². The molecule has 0 saturated heterocycles. The average molecular weight is 139 g/mol. The van der Waals surface area contributed by atoms with Crippen molar-refractivity contribution in [3.05, 3.63) is 0 Å². The summed E-state index contributed by atoms with van der Waals surface area (Å²) in [6.45, 7) is 2.46. The first kappa shape index (κ1) is 8.21. The molecule has 0 radical (unpaired) electrons. The molecule has 0 aromatic heterocycles. The maximum atomic E-state index is 8.26. The van der Waals surface area contributed by atoms with E-state index in [1.165, 1.54) is 0 Å². The maximum absolute atomic E-state index is 8.26. The zero-order valence-corrected chi connectivity index (χ0v) is 5.69. The summed E-state index contributed by atoms with van der Waals surface area (Å²) < 4.78 is 4.89. The van der Waals surface area contributed by atoms with Gasteiger partial charge in [-0.1, -0.05) is 11.6 Å². The topological polar surface area (TPSA) is 29.5 Å². The number of ether oxygens (including phenoxy) is 1. The number of alkyl halides is 1. The van der Waals surface area contributed by atoms with Crippen molar-refractivity contribution >= 4 is 11.6 Å². The standard InChI is InChI=1S/C5H11ClO2/c1-5(6)8-4-2-3-7/h5,7H,2-4H2,1H3. The van der Waals surface area contributed by atoms with E-state index in [9.17, 15) is 0 Å². The van der Waals surface area contributed by atoms with Crippen molar-refractivity contribution in [1.29, 1.82) is 0 Å². The van der Waals surface area contributed by atoms with E-state index in [0.717, 1.165) is 0 Å². The van der Waals surface area contributed by atoms with Crippen LogP contribution in [0.1, 0.15) is 13.3 Å². The molecule has 1 unspecified atom stereocenters. The number of aliphatic hydroxyl groups excluding tert-OH is 1. The minimum atomic E-state index is -0.235. The number of hydrogen-bond donors (Lipinski definition) is 1. The Bertz CT molecular complexity index is 47.7. The zero-order chi connectivity index (χ0) is 6.41. The van der Waals surface area contributed by atoms with Gasteiger partial charge in [-0.3, -0.25) is 0 Å². The van der Waals surface area contributed by atoms with Crippen LogP contribution in [0.5, 0.6) is 0 Å². The third kappa shape index (κ3) is 6.21. The minimum absolute atomic E-state index is 0.170. The van der Waals surface area contributed by atoms with E-state index in [-0.39, 0.29) is 12.2 Å². The van der Waals surface area contributed by atoms with E-state index in [4.69, 9.17) is 21.4 Å². The molecule has 0 bridgehead atoms. The van der Waals surface area contributed by atoms with Crippen molar-refractivity contribution in [2.75, 3.05) is 13.2 Å². The Labute approximate surface area is 54.4 Å². The lowest BCUT2D eigenvalue weighted by Crippen LogP contribution is -2.02. The van der Waals surface area contributed by atoms with Crippen molar-refractivity contribution in [2.45, 2.75) is 18.9 Å². The number of rotatable bonds is 4. The fourth-order valence-electron chi connectivity index (χ4n) is 0.310. The van der Waals surface area contributed by atoms with Gasteiger partial charge in [0.2, 0.25) is 0 Å². The molecule has 0 aromatic carbocycles. The molecule has 0 aliphatic carbocycles. The van der Waals surface area contributed by atoms with E-state index in [1.54, 1.807) is 6.92 Å². The quantitative estimate of drug-likeness (QED) is 0.464. The van der Waals surface area contributed by atoms with E-state index < -0.39 is 0 Å². The third-order valence-corrected chi connectivity index (χ3v) is 0.776. The molecule has 0 heterocycles. The summed E-state index contributed by atoms with van der Waals surface area (Å²) in [5.74, 6) is 0. The molecule has 0 fully saturated rings. The van der Waals surface area contributed by atoms with Crippen molar-refractivity contribution < 1.29 is 9.84 Å². The molecule has 50 valence electrons. The fourth-order valence-corrected chi connectivity index (χ4v) is 0.399. The van der Waals surface area contributed by atoms with Crippen LogP contribution in [0.25, 0.3) is 0 Å². The van der Waals surface area contributed by atoms with Crippen LogP contribution in [-0.2, 0) is 4.74 Å². The van der Waals surface area contributed by atoms with Crippen LogP contribution in [0.3, 0.4) is 0 Å². The SMILES string of the molecule is CC(Cl)OCCCO. The first-order chi connectivity index (χ1) is 3.77. The highest BCUT2D eigenvalue weighted by molar-refractivity contribution is 6.19. The van der Waals surface area contributed by atoms with Gasteiger partial charge in [0.05, 0.1) is 6.61 Å². The van der Waals surface area contributed by atoms with E-state index in [2.05, 4.69) is 0 Å². The van der Waals surface area contributed by atoms with E-state index in [0.29, 0.717) is 13.0 Å². The summed E-state index contributed by atoms with van der Waals surface area (Å²) in [6, 6.07) is 0. The molecule has 0 spiro atoms. The second kappa shape index (κ2) is 5.35. The Morgan fingerprint density at radius 1 is 1.75 bits per heavy atom. The van der Waals surface area contributed by atoms with Gasteiger partial charge in [0, 0.05) is 6.61 Å². The molecule has 1 N–H and O–H groups in total. The fraction of sp³-hybridized carbons (Fsp3) is 1.00. The van der Waals surface area contributed by atoms with Gasteiger partial charge in [0.25, 0.3) is 0 Å². The van der Waals surface area contributed by atoms with Crippen LogP contribution < -0.4 is 0 Å². The van der Waals surface area contributed by atoms with Gasteiger partial charge >= 0.3 is 0 Å². The lowest BCUT2D eigenvalue weighted by Gasteiger charge is -2.02. The van der Waals surface area contributed by atoms with Crippen LogP contribution in [0.4, 0.5) is 0 Å². The van der Waals surface area contributed by atoms with Crippen LogP contribution in [0, 0.1) is 0 Å². The monoisotopic (exact) mass is 138 g/mol. The first-order valence-corrected chi connectivity index (χ1v) is 3.07. The molecule has 3 heteroatoms. The van der Waals surface area contributed by atoms with Gasteiger partial charge in [0.1, 0.15) is 5.56 Å².